The molecule has 21 heavy (non-hydrogen) atoms. The van der Waals surface area contributed by atoms with Crippen molar-refractivity contribution in [3.05, 3.63) is 28.3 Å². The number of carboxylic acids is 1. The molecule has 1 fully saturated rings. The zero-order chi connectivity index (χ0) is 15.8. The molecule has 0 atom stereocenters. The van der Waals surface area contributed by atoms with E-state index in [2.05, 4.69) is 5.32 Å². The molecule has 0 aliphatic heterocycles. The average molecular weight is 314 g/mol. The van der Waals surface area contributed by atoms with Gasteiger partial charge in [0, 0.05) is 6.26 Å². The van der Waals surface area contributed by atoms with Crippen molar-refractivity contribution in [3.8, 4) is 0 Å². The van der Waals surface area contributed by atoms with Crippen molar-refractivity contribution in [3.63, 3.8) is 0 Å². The number of rotatable bonds is 5. The summed E-state index contributed by atoms with van der Waals surface area (Å²) < 4.78 is 23.3. The number of hydrogen-bond acceptors (Lipinski definition) is 6. The summed E-state index contributed by atoms with van der Waals surface area (Å²) in [6, 6.07) is 3.79. The standard InChI is InChI=1S/C12H14N2O6S/c1-21(19,20)9-5-2-4-8(10(9)14(17)18)13-12(11(15)16)6-3-7-12/h2,4-5,13H,3,6-7H2,1H3,(H,15,16). The first-order valence-corrected chi connectivity index (χ1v) is 8.05. The Morgan fingerprint density at radius 3 is 2.43 bits per heavy atom. The van der Waals surface area contributed by atoms with Crippen LogP contribution in [0.5, 0.6) is 0 Å². The van der Waals surface area contributed by atoms with Crippen molar-refractivity contribution in [1.29, 1.82) is 0 Å². The molecule has 2 rings (SSSR count). The van der Waals surface area contributed by atoms with Crippen LogP contribution in [-0.2, 0) is 14.6 Å². The molecule has 0 aromatic heterocycles. The summed E-state index contributed by atoms with van der Waals surface area (Å²) in [6.07, 6.45) is 2.24. The molecule has 8 nitrogen and oxygen atoms in total. The van der Waals surface area contributed by atoms with Gasteiger partial charge in [-0.3, -0.25) is 10.1 Å². The minimum absolute atomic E-state index is 0.0926. The number of nitro benzene ring substituents is 1. The zero-order valence-electron chi connectivity index (χ0n) is 11.2. The number of nitrogens with one attached hydrogen (secondary N) is 1. The van der Waals surface area contributed by atoms with E-state index >= 15 is 0 Å². The first-order chi connectivity index (χ1) is 9.67. The molecule has 2 N–H and O–H groups in total. The first kappa shape index (κ1) is 15.2. The number of carboxylic acid groups (broad SMARTS) is 1. The Hall–Kier alpha value is -2.16. The van der Waals surface area contributed by atoms with Crippen LogP contribution >= 0.6 is 0 Å². The lowest BCUT2D eigenvalue weighted by Crippen LogP contribution is -2.52. The second-order valence-electron chi connectivity index (χ2n) is 5.05. The van der Waals surface area contributed by atoms with E-state index in [9.17, 15) is 28.4 Å². The largest absolute Gasteiger partial charge is 0.480 e. The average Bonchev–Trinajstić information content (AvgIpc) is 2.31. The number of aliphatic carboxylic acids is 1. The third-order valence-corrected chi connectivity index (χ3v) is 4.70. The summed E-state index contributed by atoms with van der Waals surface area (Å²) in [5, 5.41) is 23.1. The molecule has 1 saturated carbocycles. The SMILES string of the molecule is CS(=O)(=O)c1cccc(NC2(C(=O)O)CCC2)c1[N+](=O)[O-]. The molecule has 1 aliphatic rings. The highest BCUT2D eigenvalue weighted by atomic mass is 32.2. The van der Waals surface area contributed by atoms with E-state index in [1.165, 1.54) is 12.1 Å². The van der Waals surface area contributed by atoms with Crippen LogP contribution in [0.15, 0.2) is 23.1 Å². The fourth-order valence-electron chi connectivity index (χ4n) is 2.29. The minimum Gasteiger partial charge on any atom is -0.480 e. The van der Waals surface area contributed by atoms with E-state index < -0.39 is 36.9 Å². The zero-order valence-corrected chi connectivity index (χ0v) is 12.0. The number of carbonyl (C=O) groups is 1. The van der Waals surface area contributed by atoms with Crippen LogP contribution < -0.4 is 5.32 Å². The predicted octanol–water partition coefficient (Wildman–Crippen LogP) is 1.42. The van der Waals surface area contributed by atoms with Crippen LogP contribution in [0, 0.1) is 10.1 Å². The maximum Gasteiger partial charge on any atom is 0.329 e. The number of anilines is 1. The number of nitrogens with zero attached hydrogens (tertiary/aromatic N) is 1. The summed E-state index contributed by atoms with van der Waals surface area (Å²) in [6.45, 7) is 0. The molecule has 1 aliphatic carbocycles. The van der Waals surface area contributed by atoms with E-state index in [0.29, 0.717) is 19.3 Å². The van der Waals surface area contributed by atoms with Gasteiger partial charge in [0.15, 0.2) is 9.84 Å². The first-order valence-electron chi connectivity index (χ1n) is 6.16. The number of nitro groups is 1. The fraction of sp³-hybridized carbons (Fsp3) is 0.417. The van der Waals surface area contributed by atoms with E-state index in [1.54, 1.807) is 0 Å². The van der Waals surface area contributed by atoms with Gasteiger partial charge in [-0.15, -0.1) is 0 Å². The Morgan fingerprint density at radius 1 is 1.43 bits per heavy atom. The van der Waals surface area contributed by atoms with Gasteiger partial charge in [-0.25, -0.2) is 13.2 Å². The summed E-state index contributed by atoms with van der Waals surface area (Å²) in [4.78, 5) is 21.3. The summed E-state index contributed by atoms with van der Waals surface area (Å²) >= 11 is 0. The topological polar surface area (TPSA) is 127 Å². The molecule has 0 spiro atoms. The molecule has 0 amide bonds. The van der Waals surface area contributed by atoms with Crippen molar-refractivity contribution in [2.45, 2.75) is 29.7 Å². The molecule has 1 aromatic carbocycles. The van der Waals surface area contributed by atoms with Crippen LogP contribution in [0.1, 0.15) is 19.3 Å². The van der Waals surface area contributed by atoms with Gasteiger partial charge in [0.2, 0.25) is 0 Å². The number of sulfone groups is 1. The van der Waals surface area contributed by atoms with Crippen LogP contribution in [-0.4, -0.2) is 36.2 Å². The Bertz CT molecular complexity index is 708. The smallest absolute Gasteiger partial charge is 0.329 e. The predicted molar refractivity (Wildman–Crippen MR) is 74.0 cm³/mol. The molecule has 0 saturated heterocycles. The third kappa shape index (κ3) is 2.68. The minimum atomic E-state index is -3.79. The van der Waals surface area contributed by atoms with Gasteiger partial charge in [0.25, 0.3) is 0 Å². The molecule has 1 aromatic rings. The Morgan fingerprint density at radius 2 is 2.05 bits per heavy atom. The summed E-state index contributed by atoms with van der Waals surface area (Å²) in [5.74, 6) is -1.10. The molecule has 0 unspecified atom stereocenters. The van der Waals surface area contributed by atoms with Crippen LogP contribution in [0.25, 0.3) is 0 Å². The van der Waals surface area contributed by atoms with Gasteiger partial charge in [-0.05, 0) is 31.4 Å². The lowest BCUT2D eigenvalue weighted by Gasteiger charge is -2.38. The summed E-state index contributed by atoms with van der Waals surface area (Å²) in [5.41, 5.74) is -1.97. The molecular weight excluding hydrogens is 300 g/mol. The highest BCUT2D eigenvalue weighted by Crippen LogP contribution is 2.40. The van der Waals surface area contributed by atoms with Gasteiger partial charge in [-0.1, -0.05) is 6.07 Å². The summed E-state index contributed by atoms with van der Waals surface area (Å²) in [7, 11) is -3.79. The second-order valence-corrected chi connectivity index (χ2v) is 7.03. The van der Waals surface area contributed by atoms with Gasteiger partial charge >= 0.3 is 11.7 Å². The molecule has 9 heteroatoms. The molecular formula is C12H14N2O6S. The maximum absolute atomic E-state index is 11.6. The monoisotopic (exact) mass is 314 g/mol. The van der Waals surface area contributed by atoms with E-state index in [4.69, 9.17) is 0 Å². The lowest BCUT2D eigenvalue weighted by molar-refractivity contribution is -0.386. The molecule has 0 radical (unpaired) electrons. The van der Waals surface area contributed by atoms with Crippen molar-refractivity contribution < 1.29 is 23.2 Å². The third-order valence-electron chi connectivity index (χ3n) is 3.57. The molecule has 114 valence electrons. The Kier molecular flexibility index (Phi) is 3.62. The van der Waals surface area contributed by atoms with Crippen LogP contribution in [0.4, 0.5) is 11.4 Å². The highest BCUT2D eigenvalue weighted by molar-refractivity contribution is 7.90. The van der Waals surface area contributed by atoms with Crippen molar-refractivity contribution in [1.82, 2.24) is 0 Å². The van der Waals surface area contributed by atoms with Crippen molar-refractivity contribution in [2.75, 3.05) is 11.6 Å². The van der Waals surface area contributed by atoms with E-state index in [-0.39, 0.29) is 5.69 Å². The van der Waals surface area contributed by atoms with Crippen molar-refractivity contribution >= 4 is 27.2 Å². The van der Waals surface area contributed by atoms with Crippen LogP contribution in [0.2, 0.25) is 0 Å². The number of hydrogen-bond donors (Lipinski definition) is 2. The highest BCUT2D eigenvalue weighted by Gasteiger charge is 2.45. The number of benzene rings is 1. The molecule has 0 heterocycles. The Labute approximate surface area is 120 Å². The fourth-order valence-corrected chi connectivity index (χ4v) is 3.15. The van der Waals surface area contributed by atoms with E-state index in [1.807, 2.05) is 0 Å². The number of para-hydroxylation sites is 1. The van der Waals surface area contributed by atoms with Crippen LogP contribution in [0.3, 0.4) is 0 Å². The van der Waals surface area contributed by atoms with Gasteiger partial charge < -0.3 is 10.4 Å². The van der Waals surface area contributed by atoms with Gasteiger partial charge in [0.05, 0.1) is 4.92 Å². The van der Waals surface area contributed by atoms with Gasteiger partial charge in [0.1, 0.15) is 16.1 Å². The quantitative estimate of drug-likeness (QED) is 0.621. The normalized spacial score (nSPS) is 16.8. The molecule has 0 bridgehead atoms. The van der Waals surface area contributed by atoms with E-state index in [0.717, 1.165) is 12.3 Å². The Balaban J connectivity index is 2.55. The maximum atomic E-state index is 11.6. The second kappa shape index (κ2) is 4.99. The van der Waals surface area contributed by atoms with Gasteiger partial charge in [-0.2, -0.15) is 0 Å². The lowest BCUT2D eigenvalue weighted by atomic mass is 9.76. The van der Waals surface area contributed by atoms with Crippen molar-refractivity contribution in [2.24, 2.45) is 0 Å².